The number of carbonyl (C=O) groups is 1. The number of carbonyl (C=O) groups excluding carboxylic acids is 1. The van der Waals surface area contributed by atoms with E-state index in [1.165, 1.54) is 0 Å². The standard InChI is InChI=1S/C19H21ClO3/c1-14(2)12-23-19(21)11-16-8-9-18(17(20)10-16)22-13-15-6-4-3-5-7-15/h3-10,14H,11-13H2,1-2H3. The minimum atomic E-state index is -0.243. The topological polar surface area (TPSA) is 35.5 Å². The fourth-order valence-corrected chi connectivity index (χ4v) is 2.24. The SMILES string of the molecule is CC(C)COC(=O)Cc1ccc(OCc2ccccc2)c(Cl)c1. The van der Waals surface area contributed by atoms with E-state index in [0.717, 1.165) is 11.1 Å². The molecule has 122 valence electrons. The molecule has 0 radical (unpaired) electrons. The van der Waals surface area contributed by atoms with Gasteiger partial charge >= 0.3 is 5.97 Å². The summed E-state index contributed by atoms with van der Waals surface area (Å²) in [6.45, 7) is 4.90. The summed E-state index contributed by atoms with van der Waals surface area (Å²) in [6, 6.07) is 15.2. The van der Waals surface area contributed by atoms with E-state index in [0.29, 0.717) is 29.9 Å². The Hall–Kier alpha value is -2.00. The summed E-state index contributed by atoms with van der Waals surface area (Å²) in [7, 11) is 0. The zero-order chi connectivity index (χ0) is 16.7. The van der Waals surface area contributed by atoms with Crippen molar-refractivity contribution in [3.8, 4) is 5.75 Å². The highest BCUT2D eigenvalue weighted by atomic mass is 35.5. The highest BCUT2D eigenvalue weighted by Crippen LogP contribution is 2.26. The van der Waals surface area contributed by atoms with E-state index < -0.39 is 0 Å². The van der Waals surface area contributed by atoms with Crippen molar-refractivity contribution < 1.29 is 14.3 Å². The molecule has 0 atom stereocenters. The zero-order valence-electron chi connectivity index (χ0n) is 13.4. The number of hydrogen-bond acceptors (Lipinski definition) is 3. The molecule has 0 saturated carbocycles. The smallest absolute Gasteiger partial charge is 0.310 e. The second-order valence-corrected chi connectivity index (χ2v) is 6.20. The van der Waals surface area contributed by atoms with E-state index in [4.69, 9.17) is 21.1 Å². The average Bonchev–Trinajstić information content (AvgIpc) is 2.53. The van der Waals surface area contributed by atoms with Gasteiger partial charge in [-0.15, -0.1) is 0 Å². The van der Waals surface area contributed by atoms with Crippen molar-refractivity contribution in [1.29, 1.82) is 0 Å². The van der Waals surface area contributed by atoms with Crippen LogP contribution in [0.15, 0.2) is 48.5 Å². The summed E-state index contributed by atoms with van der Waals surface area (Å²) in [5.41, 5.74) is 1.89. The Morgan fingerprint density at radius 1 is 1.09 bits per heavy atom. The summed E-state index contributed by atoms with van der Waals surface area (Å²) >= 11 is 6.23. The van der Waals surface area contributed by atoms with Crippen LogP contribution >= 0.6 is 11.6 Å². The molecule has 2 rings (SSSR count). The lowest BCUT2D eigenvalue weighted by molar-refractivity contribution is -0.143. The largest absolute Gasteiger partial charge is 0.487 e. The Labute approximate surface area is 142 Å². The number of ether oxygens (including phenoxy) is 2. The lowest BCUT2D eigenvalue weighted by atomic mass is 10.1. The van der Waals surface area contributed by atoms with Crippen molar-refractivity contribution >= 4 is 17.6 Å². The molecule has 0 bridgehead atoms. The Morgan fingerprint density at radius 2 is 1.83 bits per heavy atom. The molecule has 0 aromatic heterocycles. The van der Waals surface area contributed by atoms with Gasteiger partial charge < -0.3 is 9.47 Å². The van der Waals surface area contributed by atoms with Crippen molar-refractivity contribution in [2.45, 2.75) is 26.9 Å². The van der Waals surface area contributed by atoms with E-state index in [1.54, 1.807) is 12.1 Å². The molecule has 23 heavy (non-hydrogen) atoms. The first-order valence-corrected chi connectivity index (χ1v) is 8.03. The van der Waals surface area contributed by atoms with Gasteiger partial charge in [0.25, 0.3) is 0 Å². The molecule has 0 aliphatic carbocycles. The van der Waals surface area contributed by atoms with Crippen molar-refractivity contribution in [2.24, 2.45) is 5.92 Å². The molecular formula is C19H21ClO3. The molecule has 0 spiro atoms. The quantitative estimate of drug-likeness (QED) is 0.692. The molecule has 0 heterocycles. The van der Waals surface area contributed by atoms with Crippen LogP contribution in [0.25, 0.3) is 0 Å². The van der Waals surface area contributed by atoms with Crippen LogP contribution in [0.5, 0.6) is 5.75 Å². The number of esters is 1. The highest BCUT2D eigenvalue weighted by Gasteiger charge is 2.09. The lowest BCUT2D eigenvalue weighted by Crippen LogP contribution is -2.12. The first-order valence-electron chi connectivity index (χ1n) is 7.65. The number of hydrogen-bond donors (Lipinski definition) is 0. The second-order valence-electron chi connectivity index (χ2n) is 5.79. The van der Waals surface area contributed by atoms with Crippen LogP contribution in [-0.2, 0) is 22.6 Å². The van der Waals surface area contributed by atoms with Gasteiger partial charge in [-0.3, -0.25) is 4.79 Å². The third kappa shape index (κ3) is 5.95. The van der Waals surface area contributed by atoms with E-state index in [9.17, 15) is 4.79 Å². The van der Waals surface area contributed by atoms with Gasteiger partial charge in [0.1, 0.15) is 12.4 Å². The number of rotatable bonds is 7. The molecule has 0 saturated heterocycles. The van der Waals surface area contributed by atoms with Gasteiger partial charge in [0.05, 0.1) is 18.1 Å². The molecular weight excluding hydrogens is 312 g/mol. The maximum atomic E-state index is 11.7. The summed E-state index contributed by atoms with van der Waals surface area (Å²) < 4.78 is 10.9. The van der Waals surface area contributed by atoms with Gasteiger partial charge in [-0.2, -0.15) is 0 Å². The molecule has 0 aliphatic rings. The zero-order valence-corrected chi connectivity index (χ0v) is 14.2. The summed E-state index contributed by atoms with van der Waals surface area (Å²) in [4.78, 5) is 11.7. The summed E-state index contributed by atoms with van der Waals surface area (Å²) in [6.07, 6.45) is 0.214. The Balaban J connectivity index is 1.91. The van der Waals surface area contributed by atoms with Crippen LogP contribution in [0, 0.1) is 5.92 Å². The van der Waals surface area contributed by atoms with Gasteiger partial charge in [-0.25, -0.2) is 0 Å². The predicted molar refractivity (Wildman–Crippen MR) is 91.7 cm³/mol. The van der Waals surface area contributed by atoms with Crippen LogP contribution < -0.4 is 4.74 Å². The molecule has 0 amide bonds. The number of halogens is 1. The van der Waals surface area contributed by atoms with Gasteiger partial charge in [-0.1, -0.05) is 61.8 Å². The monoisotopic (exact) mass is 332 g/mol. The minimum Gasteiger partial charge on any atom is -0.487 e. The number of benzene rings is 2. The maximum Gasteiger partial charge on any atom is 0.310 e. The molecule has 0 N–H and O–H groups in total. The van der Waals surface area contributed by atoms with Crippen LogP contribution in [0.3, 0.4) is 0 Å². The minimum absolute atomic E-state index is 0.214. The second kappa shape index (κ2) is 8.59. The van der Waals surface area contributed by atoms with Crippen LogP contribution in [0.2, 0.25) is 5.02 Å². The predicted octanol–water partition coefficient (Wildman–Crippen LogP) is 4.66. The van der Waals surface area contributed by atoms with E-state index in [-0.39, 0.29) is 12.4 Å². The highest BCUT2D eigenvalue weighted by molar-refractivity contribution is 6.32. The van der Waals surface area contributed by atoms with Crippen LogP contribution in [-0.4, -0.2) is 12.6 Å². The third-order valence-corrected chi connectivity index (χ3v) is 3.45. The van der Waals surface area contributed by atoms with Crippen molar-refractivity contribution in [1.82, 2.24) is 0 Å². The molecule has 2 aromatic carbocycles. The van der Waals surface area contributed by atoms with E-state index in [2.05, 4.69) is 0 Å². The third-order valence-electron chi connectivity index (χ3n) is 3.16. The first kappa shape index (κ1) is 17.4. The summed E-state index contributed by atoms with van der Waals surface area (Å²) in [5.74, 6) is 0.693. The fourth-order valence-electron chi connectivity index (χ4n) is 1.98. The first-order chi connectivity index (χ1) is 11.0. The summed E-state index contributed by atoms with van der Waals surface area (Å²) in [5, 5.41) is 0.495. The van der Waals surface area contributed by atoms with Crippen LogP contribution in [0.1, 0.15) is 25.0 Å². The average molecular weight is 333 g/mol. The lowest BCUT2D eigenvalue weighted by Gasteiger charge is -2.10. The van der Waals surface area contributed by atoms with Crippen molar-refractivity contribution in [3.05, 3.63) is 64.7 Å². The van der Waals surface area contributed by atoms with Gasteiger partial charge in [0.2, 0.25) is 0 Å². The normalized spacial score (nSPS) is 10.6. The fraction of sp³-hybridized carbons (Fsp3) is 0.316. The Morgan fingerprint density at radius 3 is 2.48 bits per heavy atom. The van der Waals surface area contributed by atoms with Gasteiger partial charge in [0.15, 0.2) is 0 Å². The van der Waals surface area contributed by atoms with Gasteiger partial charge in [0, 0.05) is 0 Å². The maximum absolute atomic E-state index is 11.7. The molecule has 0 aliphatic heterocycles. The Kier molecular flexibility index (Phi) is 6.48. The van der Waals surface area contributed by atoms with Gasteiger partial charge in [-0.05, 0) is 29.2 Å². The van der Waals surface area contributed by atoms with Crippen molar-refractivity contribution in [2.75, 3.05) is 6.61 Å². The van der Waals surface area contributed by atoms with E-state index in [1.807, 2.05) is 50.2 Å². The van der Waals surface area contributed by atoms with Crippen molar-refractivity contribution in [3.63, 3.8) is 0 Å². The molecule has 2 aromatic rings. The molecule has 3 nitrogen and oxygen atoms in total. The Bertz CT molecular complexity index is 638. The molecule has 0 fully saturated rings. The molecule has 4 heteroatoms. The van der Waals surface area contributed by atoms with E-state index >= 15 is 0 Å². The molecule has 0 unspecified atom stereocenters. The van der Waals surface area contributed by atoms with Crippen LogP contribution in [0.4, 0.5) is 0 Å².